The highest BCUT2D eigenvalue weighted by Crippen LogP contribution is 2.29. The molecule has 1 heterocycles. The Labute approximate surface area is 157 Å². The number of ether oxygens (including phenoxy) is 1. The number of hydrogen-bond acceptors (Lipinski definition) is 4. The number of carboxylic acid groups (broad SMARTS) is 1. The number of aryl methyl sites for hydroxylation is 1. The van der Waals surface area contributed by atoms with E-state index in [1.807, 2.05) is 59.2 Å². The number of carbonyl (C=O) groups excluding carboxylic acids is 2. The third kappa shape index (κ3) is 4.08. The zero-order valence-electron chi connectivity index (χ0n) is 15.3. The Bertz CT molecular complexity index is 970. The summed E-state index contributed by atoms with van der Waals surface area (Å²) in [6, 6.07) is 18.8. The van der Waals surface area contributed by atoms with Gasteiger partial charge in [-0.2, -0.15) is 0 Å². The van der Waals surface area contributed by atoms with Gasteiger partial charge in [-0.05, 0) is 73.9 Å². The molecular formula is C22H20NO4-. The van der Waals surface area contributed by atoms with E-state index in [1.165, 1.54) is 6.92 Å². The first kappa shape index (κ1) is 18.5. The molecule has 5 heteroatoms. The number of benzene rings is 2. The smallest absolute Gasteiger partial charge is 0.159 e. The lowest BCUT2D eigenvalue weighted by atomic mass is 10.1. The summed E-state index contributed by atoms with van der Waals surface area (Å²) in [6.45, 7) is 1.52. The normalized spacial score (nSPS) is 10.6. The second-order valence-electron chi connectivity index (χ2n) is 6.25. The summed E-state index contributed by atoms with van der Waals surface area (Å²) < 4.78 is 7.20. The Morgan fingerprint density at radius 3 is 2.41 bits per heavy atom. The van der Waals surface area contributed by atoms with Crippen LogP contribution >= 0.6 is 0 Å². The van der Waals surface area contributed by atoms with E-state index in [0.717, 1.165) is 28.4 Å². The lowest BCUT2D eigenvalue weighted by Gasteiger charge is -2.15. The average molecular weight is 362 g/mol. The van der Waals surface area contributed by atoms with Crippen molar-refractivity contribution in [3.05, 3.63) is 71.9 Å². The van der Waals surface area contributed by atoms with E-state index in [1.54, 1.807) is 13.2 Å². The summed E-state index contributed by atoms with van der Waals surface area (Å²) in [5.41, 5.74) is 4.13. The Morgan fingerprint density at radius 1 is 1.04 bits per heavy atom. The molecule has 0 unspecified atom stereocenters. The van der Waals surface area contributed by atoms with Crippen molar-refractivity contribution >= 4 is 11.8 Å². The Hall–Kier alpha value is -3.34. The van der Waals surface area contributed by atoms with E-state index < -0.39 is 5.97 Å². The zero-order chi connectivity index (χ0) is 19.4. The minimum Gasteiger partial charge on any atom is -0.550 e. The van der Waals surface area contributed by atoms with Gasteiger partial charge in [-0.3, -0.25) is 4.79 Å². The van der Waals surface area contributed by atoms with E-state index in [2.05, 4.69) is 0 Å². The van der Waals surface area contributed by atoms with Crippen LogP contribution in [0.2, 0.25) is 0 Å². The third-order valence-corrected chi connectivity index (χ3v) is 4.44. The summed E-state index contributed by atoms with van der Waals surface area (Å²) in [5, 5.41) is 10.9. The molecule has 0 bridgehead atoms. The molecule has 138 valence electrons. The minimum absolute atomic E-state index is 0.0220. The monoisotopic (exact) mass is 362 g/mol. The predicted octanol–water partition coefficient (Wildman–Crippen LogP) is 3.04. The third-order valence-electron chi connectivity index (χ3n) is 4.44. The van der Waals surface area contributed by atoms with Gasteiger partial charge in [0.15, 0.2) is 5.78 Å². The number of aromatic nitrogens is 1. The van der Waals surface area contributed by atoms with Gasteiger partial charge in [0.2, 0.25) is 0 Å². The first-order chi connectivity index (χ1) is 13.0. The van der Waals surface area contributed by atoms with Gasteiger partial charge in [0.25, 0.3) is 0 Å². The summed E-state index contributed by atoms with van der Waals surface area (Å²) in [5.74, 6) is -0.356. The van der Waals surface area contributed by atoms with Gasteiger partial charge in [0.05, 0.1) is 12.8 Å². The zero-order valence-corrected chi connectivity index (χ0v) is 15.3. The Kier molecular flexibility index (Phi) is 5.41. The van der Waals surface area contributed by atoms with E-state index in [0.29, 0.717) is 12.0 Å². The molecule has 0 fully saturated rings. The maximum absolute atomic E-state index is 11.8. The van der Waals surface area contributed by atoms with Crippen molar-refractivity contribution in [1.29, 1.82) is 0 Å². The molecule has 2 aromatic carbocycles. The molecule has 0 N–H and O–H groups in total. The number of nitrogens with zero attached hydrogens (tertiary/aromatic N) is 1. The number of ketones is 1. The van der Waals surface area contributed by atoms with Crippen molar-refractivity contribution in [2.24, 2.45) is 0 Å². The van der Waals surface area contributed by atoms with E-state index in [-0.39, 0.29) is 12.2 Å². The van der Waals surface area contributed by atoms with Gasteiger partial charge in [0, 0.05) is 22.9 Å². The molecular weight excluding hydrogens is 342 g/mol. The number of rotatable bonds is 7. The van der Waals surface area contributed by atoms with Crippen LogP contribution in [0.4, 0.5) is 0 Å². The number of hydrogen-bond donors (Lipinski definition) is 0. The molecule has 3 rings (SSSR count). The van der Waals surface area contributed by atoms with Crippen molar-refractivity contribution < 1.29 is 19.4 Å². The molecule has 27 heavy (non-hydrogen) atoms. The van der Waals surface area contributed by atoms with Crippen LogP contribution in [-0.4, -0.2) is 23.4 Å². The highest BCUT2D eigenvalue weighted by molar-refractivity contribution is 5.94. The van der Waals surface area contributed by atoms with Gasteiger partial charge < -0.3 is 19.2 Å². The first-order valence-corrected chi connectivity index (χ1v) is 8.66. The first-order valence-electron chi connectivity index (χ1n) is 8.66. The molecule has 0 saturated carbocycles. The van der Waals surface area contributed by atoms with Crippen LogP contribution in [0.3, 0.4) is 0 Å². The van der Waals surface area contributed by atoms with Gasteiger partial charge in [-0.1, -0.05) is 12.1 Å². The molecule has 0 radical (unpaired) electrons. The number of Topliss-reactive ketones (excluding diaryl/α,β-unsaturated/α-hetero) is 1. The van der Waals surface area contributed by atoms with Crippen molar-refractivity contribution in [3.8, 4) is 22.7 Å². The summed E-state index contributed by atoms with van der Waals surface area (Å²) >= 11 is 0. The second kappa shape index (κ2) is 7.91. The molecule has 0 aliphatic carbocycles. The van der Waals surface area contributed by atoms with E-state index in [4.69, 9.17) is 4.74 Å². The lowest BCUT2D eigenvalue weighted by Crippen LogP contribution is -2.22. The van der Waals surface area contributed by atoms with Crippen molar-refractivity contribution in [2.75, 3.05) is 7.11 Å². The number of carbonyl (C=O) groups is 2. The summed E-state index contributed by atoms with van der Waals surface area (Å²) in [7, 11) is 1.61. The summed E-state index contributed by atoms with van der Waals surface area (Å²) in [6.07, 6.45) is 0.265. The Morgan fingerprint density at radius 2 is 1.78 bits per heavy atom. The van der Waals surface area contributed by atoms with Crippen molar-refractivity contribution in [2.45, 2.75) is 19.8 Å². The van der Waals surface area contributed by atoms with Crippen molar-refractivity contribution in [3.63, 3.8) is 0 Å². The largest absolute Gasteiger partial charge is 0.550 e. The molecule has 3 aromatic rings. The number of methoxy groups -OCH3 is 1. The lowest BCUT2D eigenvalue weighted by molar-refractivity contribution is -0.305. The van der Waals surface area contributed by atoms with Crippen LogP contribution in [-0.2, 0) is 11.2 Å². The van der Waals surface area contributed by atoms with Crippen LogP contribution in [0.1, 0.15) is 29.4 Å². The molecule has 0 aliphatic heterocycles. The molecule has 5 nitrogen and oxygen atoms in total. The standard InChI is InChI=1S/C22H21NO4/c1-15(24)17-4-3-5-19(14-17)23-18(9-13-22(25)26)8-12-21(23)16-6-10-20(27-2)11-7-16/h3-8,10-12,14H,9,13H2,1-2H3,(H,25,26)/p-1. The maximum Gasteiger partial charge on any atom is 0.159 e. The molecule has 0 atom stereocenters. The average Bonchev–Trinajstić information content (AvgIpc) is 3.10. The van der Waals surface area contributed by atoms with Crippen LogP contribution < -0.4 is 9.84 Å². The maximum atomic E-state index is 11.8. The number of carboxylic acids is 1. The van der Waals surface area contributed by atoms with Crippen LogP contribution in [0.5, 0.6) is 5.75 Å². The molecule has 0 saturated heterocycles. The topological polar surface area (TPSA) is 71.4 Å². The molecule has 0 amide bonds. The fourth-order valence-corrected chi connectivity index (χ4v) is 3.06. The highest BCUT2D eigenvalue weighted by atomic mass is 16.5. The van der Waals surface area contributed by atoms with E-state index >= 15 is 0 Å². The van der Waals surface area contributed by atoms with Gasteiger partial charge >= 0.3 is 0 Å². The van der Waals surface area contributed by atoms with Gasteiger partial charge in [0.1, 0.15) is 5.75 Å². The number of aliphatic carboxylic acids is 1. The molecule has 1 aromatic heterocycles. The van der Waals surface area contributed by atoms with Crippen LogP contribution in [0.25, 0.3) is 16.9 Å². The van der Waals surface area contributed by atoms with Crippen LogP contribution in [0.15, 0.2) is 60.7 Å². The van der Waals surface area contributed by atoms with E-state index in [9.17, 15) is 14.7 Å². The fraction of sp³-hybridized carbons (Fsp3) is 0.182. The minimum atomic E-state index is -1.09. The Balaban J connectivity index is 2.12. The molecule has 0 aliphatic rings. The van der Waals surface area contributed by atoms with Crippen LogP contribution in [0, 0.1) is 0 Å². The molecule has 0 spiro atoms. The quantitative estimate of drug-likeness (QED) is 0.606. The van der Waals surface area contributed by atoms with Crippen molar-refractivity contribution in [1.82, 2.24) is 4.57 Å². The fourth-order valence-electron chi connectivity index (χ4n) is 3.06. The second-order valence-corrected chi connectivity index (χ2v) is 6.25. The van der Waals surface area contributed by atoms with Gasteiger partial charge in [-0.15, -0.1) is 0 Å². The SMILES string of the molecule is COc1ccc(-c2ccc(CCC(=O)[O-])n2-c2cccc(C(C)=O)c2)cc1. The summed E-state index contributed by atoms with van der Waals surface area (Å²) in [4.78, 5) is 22.7. The predicted molar refractivity (Wildman–Crippen MR) is 101 cm³/mol. The highest BCUT2D eigenvalue weighted by Gasteiger charge is 2.13. The van der Waals surface area contributed by atoms with Gasteiger partial charge in [-0.25, -0.2) is 0 Å².